The second-order valence-corrected chi connectivity index (χ2v) is 7.03. The van der Waals surface area contributed by atoms with Crippen LogP contribution in [0.25, 0.3) is 11.0 Å². The standard InChI is InChI=1S/C22H19N3O5/c1-13-16-4-2-3-5-17(16)30-20(13)22(29)24-23-21(28)15-8-6-14(7-9-15)12-25-18(26)10-11-19(25)27/h2-9H,10-12H2,1H3,(H,23,28)(H,24,29). The third kappa shape index (κ3) is 3.67. The lowest BCUT2D eigenvalue weighted by molar-refractivity contribution is -0.139. The summed E-state index contributed by atoms with van der Waals surface area (Å²) >= 11 is 0. The molecule has 1 aromatic heterocycles. The number of hydrazine groups is 1. The van der Waals surface area contributed by atoms with Crippen molar-refractivity contribution in [2.24, 2.45) is 0 Å². The maximum atomic E-state index is 12.4. The average Bonchev–Trinajstić information content (AvgIpc) is 3.26. The second kappa shape index (κ2) is 7.82. The van der Waals surface area contributed by atoms with E-state index in [2.05, 4.69) is 10.9 Å². The number of benzene rings is 2. The molecular formula is C22H19N3O5. The predicted octanol–water partition coefficient (Wildman–Crippen LogP) is 2.47. The summed E-state index contributed by atoms with van der Waals surface area (Å²) in [6, 6.07) is 13.7. The molecule has 2 heterocycles. The van der Waals surface area contributed by atoms with Crippen molar-refractivity contribution in [1.82, 2.24) is 15.8 Å². The molecule has 2 N–H and O–H groups in total. The number of nitrogens with zero attached hydrogens (tertiary/aromatic N) is 1. The van der Waals surface area contributed by atoms with E-state index >= 15 is 0 Å². The van der Waals surface area contributed by atoms with Crippen LogP contribution >= 0.6 is 0 Å². The van der Waals surface area contributed by atoms with E-state index in [9.17, 15) is 19.2 Å². The minimum absolute atomic E-state index is 0.131. The molecule has 3 aromatic rings. The first-order chi connectivity index (χ1) is 14.4. The Labute approximate surface area is 171 Å². The summed E-state index contributed by atoms with van der Waals surface area (Å²) < 4.78 is 5.57. The highest BCUT2D eigenvalue weighted by atomic mass is 16.3. The molecule has 1 saturated heterocycles. The lowest BCUT2D eigenvalue weighted by Crippen LogP contribution is -2.41. The van der Waals surface area contributed by atoms with Crippen LogP contribution < -0.4 is 10.9 Å². The van der Waals surface area contributed by atoms with E-state index in [-0.39, 0.29) is 37.0 Å². The summed E-state index contributed by atoms with van der Waals surface area (Å²) in [4.78, 5) is 49.3. The number of carbonyl (C=O) groups is 4. The van der Waals surface area contributed by atoms with Crippen LogP contribution in [0, 0.1) is 6.92 Å². The zero-order chi connectivity index (χ0) is 21.3. The number of rotatable bonds is 4. The zero-order valence-corrected chi connectivity index (χ0v) is 16.2. The quantitative estimate of drug-likeness (QED) is 0.512. The summed E-state index contributed by atoms with van der Waals surface area (Å²) in [5, 5.41) is 0.833. The average molecular weight is 405 g/mol. The maximum Gasteiger partial charge on any atom is 0.305 e. The van der Waals surface area contributed by atoms with E-state index in [1.54, 1.807) is 37.3 Å². The Kier molecular flexibility index (Phi) is 5.05. The van der Waals surface area contributed by atoms with E-state index < -0.39 is 11.8 Å². The van der Waals surface area contributed by atoms with Gasteiger partial charge in [-0.2, -0.15) is 0 Å². The van der Waals surface area contributed by atoms with Gasteiger partial charge in [0, 0.05) is 29.4 Å². The lowest BCUT2D eigenvalue weighted by atomic mass is 10.1. The Hall–Kier alpha value is -3.94. The third-order valence-electron chi connectivity index (χ3n) is 5.05. The molecule has 30 heavy (non-hydrogen) atoms. The van der Waals surface area contributed by atoms with Crippen LogP contribution in [-0.4, -0.2) is 28.5 Å². The number of nitrogens with one attached hydrogen (secondary N) is 2. The van der Waals surface area contributed by atoms with Gasteiger partial charge in [-0.05, 0) is 30.7 Å². The van der Waals surface area contributed by atoms with Gasteiger partial charge in [0.1, 0.15) is 5.58 Å². The Balaban J connectivity index is 1.37. The van der Waals surface area contributed by atoms with Crippen molar-refractivity contribution >= 4 is 34.6 Å². The van der Waals surface area contributed by atoms with E-state index in [1.807, 2.05) is 18.2 Å². The fourth-order valence-corrected chi connectivity index (χ4v) is 3.38. The molecule has 1 fully saturated rings. The fourth-order valence-electron chi connectivity index (χ4n) is 3.38. The first-order valence-electron chi connectivity index (χ1n) is 9.45. The Morgan fingerprint density at radius 2 is 1.57 bits per heavy atom. The number of imide groups is 1. The van der Waals surface area contributed by atoms with Crippen molar-refractivity contribution in [3.8, 4) is 0 Å². The number of amides is 4. The van der Waals surface area contributed by atoms with Crippen LogP contribution in [-0.2, 0) is 16.1 Å². The van der Waals surface area contributed by atoms with Gasteiger partial charge in [0.25, 0.3) is 5.91 Å². The lowest BCUT2D eigenvalue weighted by Gasteiger charge is -2.14. The molecule has 0 saturated carbocycles. The number of para-hydroxylation sites is 1. The number of hydrogen-bond donors (Lipinski definition) is 2. The number of aryl methyl sites for hydroxylation is 1. The van der Waals surface area contributed by atoms with E-state index in [4.69, 9.17) is 4.42 Å². The number of furan rings is 1. The topological polar surface area (TPSA) is 109 Å². The van der Waals surface area contributed by atoms with E-state index in [1.165, 1.54) is 4.90 Å². The second-order valence-electron chi connectivity index (χ2n) is 7.03. The first kappa shape index (κ1) is 19.4. The summed E-state index contributed by atoms with van der Waals surface area (Å²) in [5.74, 6) is -1.31. The van der Waals surface area contributed by atoms with Crippen LogP contribution in [0.15, 0.2) is 52.9 Å². The molecule has 1 aliphatic rings. The van der Waals surface area contributed by atoms with Gasteiger partial charge in [0.2, 0.25) is 11.8 Å². The van der Waals surface area contributed by atoms with Gasteiger partial charge in [0.15, 0.2) is 5.76 Å². The SMILES string of the molecule is Cc1c(C(=O)NNC(=O)c2ccc(CN3C(=O)CCC3=O)cc2)oc2ccccc12. The third-order valence-corrected chi connectivity index (χ3v) is 5.05. The largest absolute Gasteiger partial charge is 0.451 e. The van der Waals surface area contributed by atoms with Gasteiger partial charge < -0.3 is 4.42 Å². The molecule has 0 atom stereocenters. The first-order valence-corrected chi connectivity index (χ1v) is 9.45. The van der Waals surface area contributed by atoms with Gasteiger partial charge in [0.05, 0.1) is 6.54 Å². The van der Waals surface area contributed by atoms with Gasteiger partial charge in [-0.1, -0.05) is 30.3 Å². The molecule has 8 heteroatoms. The summed E-state index contributed by atoms with van der Waals surface area (Å²) in [6.07, 6.45) is 0.480. The van der Waals surface area contributed by atoms with Gasteiger partial charge >= 0.3 is 5.91 Å². The Morgan fingerprint density at radius 3 is 2.23 bits per heavy atom. The molecule has 1 aliphatic heterocycles. The monoisotopic (exact) mass is 405 g/mol. The van der Waals surface area contributed by atoms with Crippen LogP contribution in [0.4, 0.5) is 0 Å². The summed E-state index contributed by atoms with van der Waals surface area (Å²) in [5.41, 5.74) is 7.05. The zero-order valence-electron chi connectivity index (χ0n) is 16.2. The van der Waals surface area contributed by atoms with Gasteiger partial charge in [-0.25, -0.2) is 0 Å². The maximum absolute atomic E-state index is 12.4. The van der Waals surface area contributed by atoms with Gasteiger partial charge in [-0.15, -0.1) is 0 Å². The highest BCUT2D eigenvalue weighted by molar-refractivity contribution is 6.02. The van der Waals surface area contributed by atoms with Crippen molar-refractivity contribution in [3.05, 3.63) is 71.0 Å². The molecular weight excluding hydrogens is 386 g/mol. The van der Waals surface area contributed by atoms with Crippen LogP contribution in [0.1, 0.15) is 44.9 Å². The van der Waals surface area contributed by atoms with Crippen molar-refractivity contribution in [3.63, 3.8) is 0 Å². The highest BCUT2D eigenvalue weighted by Crippen LogP contribution is 2.24. The number of carbonyl (C=O) groups excluding carboxylic acids is 4. The molecule has 8 nitrogen and oxygen atoms in total. The molecule has 0 spiro atoms. The van der Waals surface area contributed by atoms with Crippen molar-refractivity contribution in [2.75, 3.05) is 0 Å². The minimum atomic E-state index is -0.556. The van der Waals surface area contributed by atoms with Gasteiger partial charge in [-0.3, -0.25) is 34.9 Å². The van der Waals surface area contributed by atoms with Crippen molar-refractivity contribution in [1.29, 1.82) is 0 Å². The Morgan fingerprint density at radius 1 is 0.933 bits per heavy atom. The van der Waals surface area contributed by atoms with Crippen molar-refractivity contribution < 1.29 is 23.6 Å². The summed E-state index contributed by atoms with van der Waals surface area (Å²) in [7, 11) is 0. The molecule has 4 rings (SSSR count). The Bertz CT molecular complexity index is 1150. The molecule has 152 valence electrons. The van der Waals surface area contributed by atoms with E-state index in [0.717, 1.165) is 10.9 Å². The molecule has 0 aliphatic carbocycles. The molecule has 4 amide bonds. The van der Waals surface area contributed by atoms with Crippen LogP contribution in [0.5, 0.6) is 0 Å². The molecule has 0 unspecified atom stereocenters. The molecule has 2 aromatic carbocycles. The molecule has 0 radical (unpaired) electrons. The highest BCUT2D eigenvalue weighted by Gasteiger charge is 2.28. The molecule has 0 bridgehead atoms. The predicted molar refractivity (Wildman–Crippen MR) is 107 cm³/mol. The summed E-state index contributed by atoms with van der Waals surface area (Å²) in [6.45, 7) is 1.96. The number of likely N-dealkylation sites (tertiary alicyclic amines) is 1. The van der Waals surface area contributed by atoms with Crippen molar-refractivity contribution in [2.45, 2.75) is 26.3 Å². The normalized spacial score (nSPS) is 13.7. The number of fused-ring (bicyclic) bond motifs is 1. The number of hydrogen-bond acceptors (Lipinski definition) is 5. The fraction of sp³-hybridized carbons (Fsp3) is 0.182. The minimum Gasteiger partial charge on any atom is -0.451 e. The van der Waals surface area contributed by atoms with Crippen LogP contribution in [0.3, 0.4) is 0 Å². The smallest absolute Gasteiger partial charge is 0.305 e. The van der Waals surface area contributed by atoms with E-state index in [0.29, 0.717) is 16.7 Å². The van der Waals surface area contributed by atoms with Crippen LogP contribution in [0.2, 0.25) is 0 Å².